The topological polar surface area (TPSA) is 65.1 Å². The van der Waals surface area contributed by atoms with E-state index in [1.165, 1.54) is 0 Å². The highest BCUT2D eigenvalue weighted by molar-refractivity contribution is 5.33. The fourth-order valence-corrected chi connectivity index (χ4v) is 1.95. The lowest BCUT2D eigenvalue weighted by molar-refractivity contribution is 0.242. The highest BCUT2D eigenvalue weighted by Gasteiger charge is 2.15. The zero-order chi connectivity index (χ0) is 13.8. The molecule has 19 heavy (non-hydrogen) atoms. The standard InChI is InChI=1S/C14H20N4O/c1-10(2)19-12-6-4-11(5-7-12)14(16-15)13-8-9-18(3)17-13/h4-10,14,16H,15H2,1-3H3. The van der Waals surface area contributed by atoms with E-state index in [1.807, 2.05) is 57.4 Å². The number of hydrogen-bond donors (Lipinski definition) is 2. The molecule has 0 radical (unpaired) electrons. The molecule has 1 aromatic heterocycles. The smallest absolute Gasteiger partial charge is 0.119 e. The van der Waals surface area contributed by atoms with E-state index in [9.17, 15) is 0 Å². The zero-order valence-corrected chi connectivity index (χ0v) is 11.5. The first kappa shape index (κ1) is 13.6. The van der Waals surface area contributed by atoms with Crippen LogP contribution >= 0.6 is 0 Å². The van der Waals surface area contributed by atoms with Gasteiger partial charge in [0.1, 0.15) is 5.75 Å². The van der Waals surface area contributed by atoms with Gasteiger partial charge >= 0.3 is 0 Å². The minimum atomic E-state index is -0.116. The number of hydrogen-bond acceptors (Lipinski definition) is 4. The second kappa shape index (κ2) is 5.86. The molecule has 1 heterocycles. The summed E-state index contributed by atoms with van der Waals surface area (Å²) >= 11 is 0. The van der Waals surface area contributed by atoms with Gasteiger partial charge in [0.15, 0.2) is 0 Å². The molecule has 102 valence electrons. The molecule has 0 aliphatic carbocycles. The number of nitrogens with two attached hydrogens (primary N) is 1. The number of aromatic nitrogens is 2. The Morgan fingerprint density at radius 3 is 2.37 bits per heavy atom. The van der Waals surface area contributed by atoms with E-state index in [-0.39, 0.29) is 12.1 Å². The number of nitrogens with one attached hydrogen (secondary N) is 1. The molecule has 0 spiro atoms. The van der Waals surface area contributed by atoms with Gasteiger partial charge in [-0.2, -0.15) is 5.10 Å². The third-order valence-electron chi connectivity index (χ3n) is 2.78. The van der Waals surface area contributed by atoms with Crippen molar-refractivity contribution in [3.8, 4) is 5.75 Å². The molecule has 5 heteroatoms. The molecule has 2 rings (SSSR count). The molecular weight excluding hydrogens is 240 g/mol. The largest absolute Gasteiger partial charge is 0.491 e. The van der Waals surface area contributed by atoms with Crippen molar-refractivity contribution in [3.63, 3.8) is 0 Å². The third-order valence-corrected chi connectivity index (χ3v) is 2.78. The van der Waals surface area contributed by atoms with E-state index in [4.69, 9.17) is 10.6 Å². The van der Waals surface area contributed by atoms with Gasteiger partial charge in [-0.15, -0.1) is 0 Å². The Labute approximate surface area is 113 Å². The molecule has 0 fully saturated rings. The van der Waals surface area contributed by atoms with Crippen molar-refractivity contribution in [3.05, 3.63) is 47.8 Å². The Morgan fingerprint density at radius 1 is 1.21 bits per heavy atom. The molecule has 0 amide bonds. The molecule has 0 aliphatic heterocycles. The van der Waals surface area contributed by atoms with E-state index in [2.05, 4.69) is 10.5 Å². The van der Waals surface area contributed by atoms with Crippen molar-refractivity contribution in [1.82, 2.24) is 15.2 Å². The Bertz CT molecular complexity index is 518. The molecule has 0 saturated heterocycles. The van der Waals surface area contributed by atoms with E-state index >= 15 is 0 Å². The summed E-state index contributed by atoms with van der Waals surface area (Å²) in [5, 5.41) is 4.37. The molecule has 1 aromatic carbocycles. The van der Waals surface area contributed by atoms with Gasteiger partial charge in [-0.05, 0) is 37.6 Å². The second-order valence-corrected chi connectivity index (χ2v) is 4.75. The summed E-state index contributed by atoms with van der Waals surface area (Å²) in [7, 11) is 1.89. The Hall–Kier alpha value is -1.85. The van der Waals surface area contributed by atoms with Crippen molar-refractivity contribution in [2.75, 3.05) is 0 Å². The molecule has 0 bridgehead atoms. The van der Waals surface area contributed by atoms with Crippen LogP contribution < -0.4 is 16.0 Å². The Morgan fingerprint density at radius 2 is 1.89 bits per heavy atom. The van der Waals surface area contributed by atoms with Gasteiger partial charge < -0.3 is 4.74 Å². The van der Waals surface area contributed by atoms with E-state index in [0.29, 0.717) is 0 Å². The maximum Gasteiger partial charge on any atom is 0.119 e. The van der Waals surface area contributed by atoms with Gasteiger partial charge in [0.25, 0.3) is 0 Å². The number of nitrogens with zero attached hydrogens (tertiary/aromatic N) is 2. The summed E-state index contributed by atoms with van der Waals surface area (Å²) in [5.74, 6) is 6.49. The van der Waals surface area contributed by atoms with Crippen LogP contribution in [-0.4, -0.2) is 15.9 Å². The SMILES string of the molecule is CC(C)Oc1ccc(C(NN)c2ccn(C)n2)cc1. The van der Waals surface area contributed by atoms with Crippen LogP contribution in [-0.2, 0) is 7.05 Å². The molecule has 1 unspecified atom stereocenters. The number of rotatable bonds is 5. The maximum atomic E-state index is 5.63. The lowest BCUT2D eigenvalue weighted by Gasteiger charge is -2.15. The summed E-state index contributed by atoms with van der Waals surface area (Å²) < 4.78 is 7.38. The fourth-order valence-electron chi connectivity index (χ4n) is 1.95. The average Bonchev–Trinajstić information content (AvgIpc) is 2.78. The first-order valence-electron chi connectivity index (χ1n) is 6.32. The lowest BCUT2D eigenvalue weighted by Crippen LogP contribution is -2.29. The highest BCUT2D eigenvalue weighted by Crippen LogP contribution is 2.22. The van der Waals surface area contributed by atoms with Crippen molar-refractivity contribution in [1.29, 1.82) is 0 Å². The summed E-state index contributed by atoms with van der Waals surface area (Å²) in [6.07, 6.45) is 2.07. The van der Waals surface area contributed by atoms with Crippen LogP contribution in [0, 0.1) is 0 Å². The summed E-state index contributed by atoms with van der Waals surface area (Å²) in [4.78, 5) is 0. The minimum Gasteiger partial charge on any atom is -0.491 e. The van der Waals surface area contributed by atoms with Crippen LogP contribution in [0.25, 0.3) is 0 Å². The van der Waals surface area contributed by atoms with Crippen molar-refractivity contribution < 1.29 is 4.74 Å². The van der Waals surface area contributed by atoms with Crippen LogP contribution in [0.5, 0.6) is 5.75 Å². The van der Waals surface area contributed by atoms with Crippen LogP contribution in [0.3, 0.4) is 0 Å². The molecular formula is C14H20N4O. The monoisotopic (exact) mass is 260 g/mol. The molecule has 0 aliphatic rings. The predicted octanol–water partition coefficient (Wildman–Crippen LogP) is 1.76. The van der Waals surface area contributed by atoms with Gasteiger partial charge in [0.2, 0.25) is 0 Å². The van der Waals surface area contributed by atoms with Crippen LogP contribution in [0.2, 0.25) is 0 Å². The van der Waals surface area contributed by atoms with Gasteiger partial charge in [0, 0.05) is 13.2 Å². The fraction of sp³-hybridized carbons (Fsp3) is 0.357. The lowest BCUT2D eigenvalue weighted by atomic mass is 10.0. The van der Waals surface area contributed by atoms with Crippen LogP contribution in [0.1, 0.15) is 31.1 Å². The Kier molecular flexibility index (Phi) is 4.19. The van der Waals surface area contributed by atoms with Gasteiger partial charge in [-0.3, -0.25) is 10.5 Å². The molecule has 1 atom stereocenters. The highest BCUT2D eigenvalue weighted by atomic mass is 16.5. The summed E-state index contributed by atoms with van der Waals surface area (Å²) in [6, 6.07) is 9.72. The van der Waals surface area contributed by atoms with Crippen molar-refractivity contribution in [2.45, 2.75) is 26.0 Å². The zero-order valence-electron chi connectivity index (χ0n) is 11.5. The van der Waals surface area contributed by atoms with Crippen molar-refractivity contribution in [2.24, 2.45) is 12.9 Å². The number of hydrazine groups is 1. The number of benzene rings is 1. The molecule has 5 nitrogen and oxygen atoms in total. The Balaban J connectivity index is 2.19. The van der Waals surface area contributed by atoms with Crippen LogP contribution in [0.15, 0.2) is 36.5 Å². The minimum absolute atomic E-state index is 0.116. The second-order valence-electron chi connectivity index (χ2n) is 4.75. The molecule has 2 aromatic rings. The van der Waals surface area contributed by atoms with Gasteiger partial charge in [-0.1, -0.05) is 12.1 Å². The quantitative estimate of drug-likeness (QED) is 0.635. The molecule has 0 saturated carbocycles. The average molecular weight is 260 g/mol. The summed E-state index contributed by atoms with van der Waals surface area (Å²) in [5.41, 5.74) is 4.74. The van der Waals surface area contributed by atoms with Gasteiger partial charge in [0.05, 0.1) is 17.8 Å². The van der Waals surface area contributed by atoms with Gasteiger partial charge in [-0.25, -0.2) is 5.43 Å². The van der Waals surface area contributed by atoms with Crippen molar-refractivity contribution >= 4 is 0 Å². The predicted molar refractivity (Wildman–Crippen MR) is 74.6 cm³/mol. The summed E-state index contributed by atoms with van der Waals surface area (Å²) in [6.45, 7) is 4.01. The first-order valence-corrected chi connectivity index (χ1v) is 6.32. The van der Waals surface area contributed by atoms with E-state index < -0.39 is 0 Å². The van der Waals surface area contributed by atoms with E-state index in [0.717, 1.165) is 17.0 Å². The first-order chi connectivity index (χ1) is 9.10. The van der Waals surface area contributed by atoms with E-state index in [1.54, 1.807) is 4.68 Å². The normalized spacial score (nSPS) is 12.7. The maximum absolute atomic E-state index is 5.63. The number of aryl methyl sites for hydroxylation is 1. The van der Waals surface area contributed by atoms with Crippen LogP contribution in [0.4, 0.5) is 0 Å². The third kappa shape index (κ3) is 3.33. The molecule has 3 N–H and O–H groups in total. The number of ether oxygens (including phenoxy) is 1.